The lowest BCUT2D eigenvalue weighted by atomic mass is 9.97. The van der Waals surface area contributed by atoms with Crippen molar-refractivity contribution in [1.29, 1.82) is 0 Å². The number of rotatable bonds is 4. The normalized spacial score (nSPS) is 28.7. The maximum Gasteiger partial charge on any atom is 0.223 e. The minimum Gasteiger partial charge on any atom is -0.353 e. The van der Waals surface area contributed by atoms with Crippen LogP contribution in [-0.4, -0.2) is 49.6 Å². The van der Waals surface area contributed by atoms with Crippen molar-refractivity contribution in [2.45, 2.75) is 44.6 Å². The summed E-state index contributed by atoms with van der Waals surface area (Å²) in [5.41, 5.74) is 0. The Hall–Kier alpha value is -0.320. The third-order valence-corrected chi connectivity index (χ3v) is 4.80. The molecule has 0 spiro atoms. The van der Waals surface area contributed by atoms with E-state index in [-0.39, 0.29) is 12.4 Å². The summed E-state index contributed by atoms with van der Waals surface area (Å²) >= 11 is 0. The van der Waals surface area contributed by atoms with Crippen LogP contribution in [0.25, 0.3) is 0 Å². The van der Waals surface area contributed by atoms with E-state index in [0.717, 1.165) is 44.7 Å². The Labute approximate surface area is 128 Å². The van der Waals surface area contributed by atoms with Gasteiger partial charge < -0.3 is 15.5 Å². The fraction of sp³-hybridized carbons (Fsp3) is 0.933. The van der Waals surface area contributed by atoms with Crippen LogP contribution in [0.2, 0.25) is 0 Å². The van der Waals surface area contributed by atoms with Crippen LogP contribution in [0.3, 0.4) is 0 Å². The zero-order chi connectivity index (χ0) is 13.1. The lowest BCUT2D eigenvalue weighted by molar-refractivity contribution is -0.123. The first-order chi connectivity index (χ1) is 9.31. The van der Waals surface area contributed by atoms with Crippen molar-refractivity contribution in [3.8, 4) is 0 Å². The van der Waals surface area contributed by atoms with Crippen LogP contribution in [0.5, 0.6) is 0 Å². The summed E-state index contributed by atoms with van der Waals surface area (Å²) in [7, 11) is 0. The van der Waals surface area contributed by atoms with Gasteiger partial charge >= 0.3 is 0 Å². The quantitative estimate of drug-likeness (QED) is 0.825. The average Bonchev–Trinajstić information content (AvgIpc) is 3.27. The Morgan fingerprint density at radius 1 is 1.15 bits per heavy atom. The molecule has 0 radical (unpaired) electrons. The number of likely N-dealkylation sites (tertiary alicyclic amines) is 1. The van der Waals surface area contributed by atoms with E-state index in [2.05, 4.69) is 15.5 Å². The number of nitrogens with one attached hydrogen (secondary N) is 2. The van der Waals surface area contributed by atoms with Gasteiger partial charge in [0.05, 0.1) is 0 Å². The predicted octanol–water partition coefficient (Wildman–Crippen LogP) is 1.40. The van der Waals surface area contributed by atoms with Gasteiger partial charge in [-0.2, -0.15) is 0 Å². The molecule has 2 saturated heterocycles. The summed E-state index contributed by atoms with van der Waals surface area (Å²) in [6.07, 6.45) is 7.21. The Kier molecular flexibility index (Phi) is 6.12. The molecule has 1 atom stereocenters. The molecule has 0 aromatic heterocycles. The van der Waals surface area contributed by atoms with Crippen LogP contribution in [0.4, 0.5) is 0 Å². The number of piperidine rings is 2. The lowest BCUT2D eigenvalue weighted by Crippen LogP contribution is -2.47. The second kappa shape index (κ2) is 7.62. The molecule has 0 aromatic carbocycles. The molecule has 3 fully saturated rings. The summed E-state index contributed by atoms with van der Waals surface area (Å²) in [5, 5.41) is 6.72. The first-order valence-electron chi connectivity index (χ1n) is 8.05. The molecule has 1 amide bonds. The molecule has 1 saturated carbocycles. The first kappa shape index (κ1) is 16.1. The second-order valence-electron chi connectivity index (χ2n) is 6.57. The number of halogens is 1. The first-order valence-corrected chi connectivity index (χ1v) is 8.05. The van der Waals surface area contributed by atoms with Crippen molar-refractivity contribution in [2.75, 3.05) is 32.7 Å². The molecule has 2 N–H and O–H groups in total. The van der Waals surface area contributed by atoms with Crippen LogP contribution >= 0.6 is 12.4 Å². The topological polar surface area (TPSA) is 44.4 Å². The number of nitrogens with zero attached hydrogens (tertiary/aromatic N) is 1. The fourth-order valence-corrected chi connectivity index (χ4v) is 3.37. The monoisotopic (exact) mass is 301 g/mol. The van der Waals surface area contributed by atoms with Gasteiger partial charge in [-0.05, 0) is 57.5 Å². The van der Waals surface area contributed by atoms with Crippen LogP contribution < -0.4 is 10.6 Å². The molecule has 4 nitrogen and oxygen atoms in total. The van der Waals surface area contributed by atoms with E-state index in [0.29, 0.717) is 17.9 Å². The van der Waals surface area contributed by atoms with Gasteiger partial charge in [-0.3, -0.25) is 4.79 Å². The molecule has 116 valence electrons. The Balaban J connectivity index is 0.00000147. The van der Waals surface area contributed by atoms with Gasteiger partial charge in [0.1, 0.15) is 0 Å². The van der Waals surface area contributed by atoms with Crippen molar-refractivity contribution in [1.82, 2.24) is 15.5 Å². The van der Waals surface area contributed by atoms with E-state index < -0.39 is 0 Å². The van der Waals surface area contributed by atoms with Gasteiger partial charge in [-0.1, -0.05) is 0 Å². The third-order valence-electron chi connectivity index (χ3n) is 4.80. The van der Waals surface area contributed by atoms with Crippen LogP contribution in [-0.2, 0) is 4.79 Å². The third kappa shape index (κ3) is 4.61. The summed E-state index contributed by atoms with van der Waals surface area (Å²) in [6, 6.07) is 0.439. The minimum absolute atomic E-state index is 0. The van der Waals surface area contributed by atoms with E-state index >= 15 is 0 Å². The molecule has 2 aliphatic heterocycles. The van der Waals surface area contributed by atoms with Crippen LogP contribution in [0.1, 0.15) is 38.5 Å². The number of carbonyl (C=O) groups excluding carboxylic acids is 1. The highest BCUT2D eigenvalue weighted by molar-refractivity contribution is 5.85. The SMILES string of the molecule is Cl.O=C(NC1CCN(CC2CCCNC2)CC1)C1CC1. The Morgan fingerprint density at radius 3 is 2.50 bits per heavy atom. The molecular formula is C15H28ClN3O. The minimum atomic E-state index is 0. The lowest BCUT2D eigenvalue weighted by Gasteiger charge is -2.35. The molecule has 1 unspecified atom stereocenters. The van der Waals surface area contributed by atoms with Gasteiger partial charge in [-0.15, -0.1) is 12.4 Å². The largest absolute Gasteiger partial charge is 0.353 e. The Morgan fingerprint density at radius 2 is 1.90 bits per heavy atom. The maximum atomic E-state index is 11.7. The molecule has 20 heavy (non-hydrogen) atoms. The van der Waals surface area contributed by atoms with Gasteiger partial charge in [0, 0.05) is 31.6 Å². The number of hydrogen-bond acceptors (Lipinski definition) is 3. The molecule has 3 aliphatic rings. The van der Waals surface area contributed by atoms with Gasteiger partial charge in [0.25, 0.3) is 0 Å². The highest BCUT2D eigenvalue weighted by Gasteiger charge is 2.32. The van der Waals surface area contributed by atoms with Crippen LogP contribution in [0, 0.1) is 11.8 Å². The fourth-order valence-electron chi connectivity index (χ4n) is 3.37. The molecule has 2 heterocycles. The smallest absolute Gasteiger partial charge is 0.223 e. The van der Waals surface area contributed by atoms with Crippen LogP contribution in [0.15, 0.2) is 0 Å². The maximum absolute atomic E-state index is 11.7. The molecular weight excluding hydrogens is 274 g/mol. The molecule has 0 bridgehead atoms. The standard InChI is InChI=1S/C15H27N3O.ClH/c19-15(13-3-4-13)17-14-5-8-18(9-6-14)11-12-2-1-7-16-10-12;/h12-14,16H,1-11H2,(H,17,19);1H. The molecule has 5 heteroatoms. The van der Waals surface area contributed by atoms with Crippen molar-refractivity contribution in [3.63, 3.8) is 0 Å². The highest BCUT2D eigenvalue weighted by atomic mass is 35.5. The number of amides is 1. The Bertz CT molecular complexity index is 308. The molecule has 0 aromatic rings. The van der Waals surface area contributed by atoms with E-state index in [1.807, 2.05) is 0 Å². The summed E-state index contributed by atoms with van der Waals surface area (Å²) in [4.78, 5) is 14.3. The number of hydrogen-bond donors (Lipinski definition) is 2. The summed E-state index contributed by atoms with van der Waals surface area (Å²) < 4.78 is 0. The average molecular weight is 302 g/mol. The van der Waals surface area contributed by atoms with Crippen molar-refractivity contribution < 1.29 is 4.79 Å². The summed E-state index contributed by atoms with van der Waals surface area (Å²) in [6.45, 7) is 5.96. The van der Waals surface area contributed by atoms with E-state index in [4.69, 9.17) is 0 Å². The van der Waals surface area contributed by atoms with Gasteiger partial charge in [0.15, 0.2) is 0 Å². The molecule has 1 aliphatic carbocycles. The van der Waals surface area contributed by atoms with Gasteiger partial charge in [0.2, 0.25) is 5.91 Å². The highest BCUT2D eigenvalue weighted by Crippen LogP contribution is 2.29. The molecule has 3 rings (SSSR count). The van der Waals surface area contributed by atoms with Crippen molar-refractivity contribution >= 4 is 18.3 Å². The predicted molar refractivity (Wildman–Crippen MR) is 83.2 cm³/mol. The van der Waals surface area contributed by atoms with Crippen molar-refractivity contribution in [2.24, 2.45) is 11.8 Å². The van der Waals surface area contributed by atoms with Gasteiger partial charge in [-0.25, -0.2) is 0 Å². The summed E-state index contributed by atoms with van der Waals surface area (Å²) in [5.74, 6) is 1.51. The van der Waals surface area contributed by atoms with E-state index in [9.17, 15) is 4.79 Å². The zero-order valence-corrected chi connectivity index (χ0v) is 13.1. The zero-order valence-electron chi connectivity index (χ0n) is 12.3. The number of carbonyl (C=O) groups is 1. The van der Waals surface area contributed by atoms with Crippen molar-refractivity contribution in [3.05, 3.63) is 0 Å². The van der Waals surface area contributed by atoms with E-state index in [1.165, 1.54) is 32.5 Å². The van der Waals surface area contributed by atoms with E-state index in [1.54, 1.807) is 0 Å². The second-order valence-corrected chi connectivity index (χ2v) is 6.57.